The van der Waals surface area contributed by atoms with Crippen molar-refractivity contribution in [3.63, 3.8) is 0 Å². The van der Waals surface area contributed by atoms with Crippen LogP contribution in [-0.4, -0.2) is 15.0 Å². The summed E-state index contributed by atoms with van der Waals surface area (Å²) in [4.78, 5) is 0. The van der Waals surface area contributed by atoms with E-state index in [1.54, 1.807) is 10.7 Å². The van der Waals surface area contributed by atoms with Crippen molar-refractivity contribution in [2.75, 3.05) is 5.73 Å². The number of benzene rings is 2. The summed E-state index contributed by atoms with van der Waals surface area (Å²) in [5.74, 6) is 0.472. The van der Waals surface area contributed by atoms with Crippen molar-refractivity contribution in [2.24, 2.45) is 0 Å². The number of nitrogens with two attached hydrogens (primary N) is 1. The average Bonchev–Trinajstić information content (AvgIpc) is 2.82. The Morgan fingerprint density at radius 2 is 1.63 bits per heavy atom. The zero-order valence-corrected chi connectivity index (χ0v) is 10.7. The molecule has 0 fully saturated rings. The number of halogens is 1. The first-order valence-electron chi connectivity index (χ1n) is 5.79. The van der Waals surface area contributed by atoms with Crippen LogP contribution in [0.3, 0.4) is 0 Å². The summed E-state index contributed by atoms with van der Waals surface area (Å²) in [6, 6.07) is 17.1. The van der Waals surface area contributed by atoms with Crippen molar-refractivity contribution in [1.29, 1.82) is 0 Å². The van der Waals surface area contributed by atoms with E-state index in [0.29, 0.717) is 16.5 Å². The zero-order valence-electron chi connectivity index (χ0n) is 9.99. The molecule has 5 heteroatoms. The number of aromatic nitrogens is 3. The van der Waals surface area contributed by atoms with Gasteiger partial charge in [-0.05, 0) is 12.1 Å². The molecule has 0 unspecified atom stereocenters. The fraction of sp³-hybridized carbons (Fsp3) is 0. The quantitative estimate of drug-likeness (QED) is 0.778. The van der Waals surface area contributed by atoms with Gasteiger partial charge in [0.2, 0.25) is 0 Å². The fourth-order valence-corrected chi connectivity index (χ4v) is 2.11. The largest absolute Gasteiger partial charge is 0.382 e. The van der Waals surface area contributed by atoms with Crippen LogP contribution in [0.1, 0.15) is 0 Å². The molecule has 0 bridgehead atoms. The highest BCUT2D eigenvalue weighted by molar-refractivity contribution is 6.32. The van der Waals surface area contributed by atoms with E-state index >= 15 is 0 Å². The number of para-hydroxylation sites is 1. The van der Waals surface area contributed by atoms with Gasteiger partial charge < -0.3 is 5.73 Å². The number of nitrogens with zero attached hydrogens (tertiary/aromatic N) is 3. The second kappa shape index (κ2) is 4.74. The topological polar surface area (TPSA) is 56.7 Å². The predicted octanol–water partition coefficient (Wildman–Crippen LogP) is 3.17. The molecule has 0 amide bonds. The highest BCUT2D eigenvalue weighted by atomic mass is 35.5. The van der Waals surface area contributed by atoms with Crippen LogP contribution in [0, 0.1) is 0 Å². The molecule has 1 heterocycles. The lowest BCUT2D eigenvalue weighted by Crippen LogP contribution is -2.02. The Balaban J connectivity index is 2.12. The number of hydrogen-bond acceptors (Lipinski definition) is 3. The molecule has 3 rings (SSSR count). The number of nitrogen functional groups attached to an aromatic ring is 1. The van der Waals surface area contributed by atoms with Crippen LogP contribution >= 0.6 is 11.6 Å². The van der Waals surface area contributed by atoms with Crippen molar-refractivity contribution >= 4 is 17.4 Å². The van der Waals surface area contributed by atoms with Gasteiger partial charge in [0.05, 0.1) is 10.7 Å². The van der Waals surface area contributed by atoms with E-state index in [1.165, 1.54) is 0 Å². The maximum atomic E-state index is 6.14. The molecule has 0 atom stereocenters. The second-order valence-electron chi connectivity index (χ2n) is 4.05. The Morgan fingerprint density at radius 1 is 0.947 bits per heavy atom. The van der Waals surface area contributed by atoms with Crippen LogP contribution in [-0.2, 0) is 0 Å². The fourth-order valence-electron chi connectivity index (χ4n) is 1.89. The normalized spacial score (nSPS) is 10.6. The van der Waals surface area contributed by atoms with Crippen LogP contribution in [0.4, 0.5) is 5.82 Å². The summed E-state index contributed by atoms with van der Waals surface area (Å²) in [5.41, 5.74) is 8.42. The van der Waals surface area contributed by atoms with E-state index in [1.807, 2.05) is 48.5 Å². The lowest BCUT2D eigenvalue weighted by atomic mass is 10.1. The highest BCUT2D eigenvalue weighted by Gasteiger charge is 2.14. The summed E-state index contributed by atoms with van der Waals surface area (Å²) in [6.07, 6.45) is 0. The third-order valence-corrected chi connectivity index (χ3v) is 3.15. The van der Waals surface area contributed by atoms with Gasteiger partial charge in [0.25, 0.3) is 0 Å². The monoisotopic (exact) mass is 270 g/mol. The van der Waals surface area contributed by atoms with Crippen molar-refractivity contribution in [1.82, 2.24) is 15.0 Å². The van der Waals surface area contributed by atoms with Crippen molar-refractivity contribution in [3.05, 3.63) is 59.6 Å². The van der Waals surface area contributed by atoms with E-state index in [-0.39, 0.29) is 0 Å². The molecule has 0 aliphatic rings. The van der Waals surface area contributed by atoms with Gasteiger partial charge in [-0.2, -0.15) is 4.68 Å². The van der Waals surface area contributed by atoms with E-state index in [4.69, 9.17) is 17.3 Å². The first kappa shape index (κ1) is 11.7. The first-order valence-corrected chi connectivity index (χ1v) is 6.16. The minimum Gasteiger partial charge on any atom is -0.382 e. The van der Waals surface area contributed by atoms with Crippen LogP contribution in [0.5, 0.6) is 0 Å². The van der Waals surface area contributed by atoms with E-state index in [9.17, 15) is 0 Å². The Bertz CT molecular complexity index is 706. The number of hydrogen-bond donors (Lipinski definition) is 1. The minimum absolute atomic E-state index is 0.472. The molecule has 94 valence electrons. The lowest BCUT2D eigenvalue weighted by Gasteiger charge is -2.05. The smallest absolute Gasteiger partial charge is 0.155 e. The molecular formula is C14H11ClN4. The van der Waals surface area contributed by atoms with Crippen LogP contribution in [0.25, 0.3) is 16.9 Å². The van der Waals surface area contributed by atoms with Gasteiger partial charge in [-0.25, -0.2) is 0 Å². The standard InChI is InChI=1S/C14H11ClN4/c15-11-8-4-5-9-12(11)19-14(16)13(17-18-19)10-6-2-1-3-7-10/h1-9H,16H2. The van der Waals surface area contributed by atoms with Crippen LogP contribution in [0.15, 0.2) is 54.6 Å². The third-order valence-electron chi connectivity index (χ3n) is 2.83. The number of rotatable bonds is 2. The summed E-state index contributed by atoms with van der Waals surface area (Å²) < 4.78 is 1.55. The maximum Gasteiger partial charge on any atom is 0.155 e. The predicted molar refractivity (Wildman–Crippen MR) is 76.2 cm³/mol. The van der Waals surface area contributed by atoms with Gasteiger partial charge in [-0.15, -0.1) is 5.10 Å². The SMILES string of the molecule is Nc1c(-c2ccccc2)nnn1-c1ccccc1Cl. The molecule has 4 nitrogen and oxygen atoms in total. The van der Waals surface area contributed by atoms with Gasteiger partial charge in [-0.3, -0.25) is 0 Å². The van der Waals surface area contributed by atoms with Crippen molar-refractivity contribution < 1.29 is 0 Å². The molecule has 0 saturated carbocycles. The molecule has 0 spiro atoms. The van der Waals surface area contributed by atoms with E-state index in [0.717, 1.165) is 11.3 Å². The van der Waals surface area contributed by atoms with Gasteiger partial charge in [-0.1, -0.05) is 59.3 Å². The molecule has 2 N–H and O–H groups in total. The molecule has 0 aliphatic carbocycles. The molecule has 19 heavy (non-hydrogen) atoms. The molecule has 2 aromatic carbocycles. The van der Waals surface area contributed by atoms with Crippen molar-refractivity contribution in [3.8, 4) is 16.9 Å². The van der Waals surface area contributed by atoms with E-state index < -0.39 is 0 Å². The average molecular weight is 271 g/mol. The second-order valence-corrected chi connectivity index (χ2v) is 4.46. The molecule has 1 aromatic heterocycles. The molecule has 0 saturated heterocycles. The summed E-state index contributed by atoms with van der Waals surface area (Å²) in [7, 11) is 0. The zero-order chi connectivity index (χ0) is 13.2. The van der Waals surface area contributed by atoms with Gasteiger partial charge in [0.15, 0.2) is 5.82 Å². The molecule has 0 radical (unpaired) electrons. The summed E-state index contributed by atoms with van der Waals surface area (Å²) in [5, 5.41) is 8.80. The molecular weight excluding hydrogens is 260 g/mol. The Hall–Kier alpha value is -2.33. The van der Waals surface area contributed by atoms with E-state index in [2.05, 4.69) is 10.3 Å². The van der Waals surface area contributed by atoms with Crippen LogP contribution in [0.2, 0.25) is 5.02 Å². The lowest BCUT2D eigenvalue weighted by molar-refractivity contribution is 0.810. The first-order chi connectivity index (χ1) is 9.27. The van der Waals surface area contributed by atoms with Crippen LogP contribution < -0.4 is 5.73 Å². The summed E-state index contributed by atoms with van der Waals surface area (Å²) in [6.45, 7) is 0. The van der Waals surface area contributed by atoms with Gasteiger partial charge in [0.1, 0.15) is 5.69 Å². The minimum atomic E-state index is 0.472. The Labute approximate surface area is 115 Å². The summed E-state index contributed by atoms with van der Waals surface area (Å²) >= 11 is 6.14. The highest BCUT2D eigenvalue weighted by Crippen LogP contribution is 2.27. The van der Waals surface area contributed by atoms with Gasteiger partial charge >= 0.3 is 0 Å². The van der Waals surface area contributed by atoms with Crippen molar-refractivity contribution in [2.45, 2.75) is 0 Å². The Kier molecular flexibility index (Phi) is 2.93. The Morgan fingerprint density at radius 3 is 2.37 bits per heavy atom. The van der Waals surface area contributed by atoms with Gasteiger partial charge in [0, 0.05) is 5.56 Å². The molecule has 3 aromatic rings. The molecule has 0 aliphatic heterocycles. The number of anilines is 1. The maximum absolute atomic E-state index is 6.14. The third kappa shape index (κ3) is 2.06.